The van der Waals surface area contributed by atoms with E-state index >= 15 is 0 Å². The van der Waals surface area contributed by atoms with Crippen molar-refractivity contribution >= 4 is 28.7 Å². The molecule has 1 rings (SSSR count). The minimum atomic E-state index is -0.332. The van der Waals surface area contributed by atoms with Crippen molar-refractivity contribution in [1.82, 2.24) is 5.32 Å². The Balaban J connectivity index is 2.71. The molecule has 2 nitrogen and oxygen atoms in total. The van der Waals surface area contributed by atoms with Gasteiger partial charge in [-0.05, 0) is 37.2 Å². The molecular weight excluding hydrogens is 217 g/mol. The van der Waals surface area contributed by atoms with E-state index in [4.69, 9.17) is 0 Å². The second kappa shape index (κ2) is 2.39. The van der Waals surface area contributed by atoms with Crippen molar-refractivity contribution in [3.63, 3.8) is 0 Å². The molecule has 1 aliphatic rings. The summed E-state index contributed by atoms with van der Waals surface area (Å²) in [7, 11) is 0. The lowest BCUT2D eigenvalue weighted by molar-refractivity contribution is 0.265. The zero-order valence-electron chi connectivity index (χ0n) is 4.44. The molecule has 44 valence electrons. The number of carbonyl (C=O) groups is 1. The molecule has 0 fully saturated rings. The SMILES string of the molecule is CC1=CNC(=O)I=C1. The highest BCUT2D eigenvalue weighted by atomic mass is 127. The number of halogens is 1. The molecule has 0 aliphatic carbocycles. The van der Waals surface area contributed by atoms with Crippen LogP contribution in [0, 0.1) is 0 Å². The van der Waals surface area contributed by atoms with E-state index < -0.39 is 0 Å². The normalized spacial score (nSPS) is 18.6. The van der Waals surface area contributed by atoms with E-state index in [0.717, 1.165) is 0 Å². The molecule has 1 N–H and O–H groups in total. The van der Waals surface area contributed by atoms with Crippen LogP contribution in [0.1, 0.15) is 6.92 Å². The second-order valence-electron chi connectivity index (χ2n) is 1.52. The van der Waals surface area contributed by atoms with Crippen molar-refractivity contribution < 1.29 is 4.79 Å². The highest BCUT2D eigenvalue weighted by molar-refractivity contribution is 14.2. The van der Waals surface area contributed by atoms with E-state index in [0.29, 0.717) is 0 Å². The molecule has 1 aliphatic heterocycles. The zero-order valence-corrected chi connectivity index (χ0v) is 6.60. The second-order valence-corrected chi connectivity index (χ2v) is 3.75. The summed E-state index contributed by atoms with van der Waals surface area (Å²) in [6.45, 7) is 1.99. The lowest BCUT2D eigenvalue weighted by Gasteiger charge is -1.99. The highest BCUT2D eigenvalue weighted by Gasteiger charge is 1.96. The van der Waals surface area contributed by atoms with Gasteiger partial charge in [0.1, 0.15) is 0 Å². The van der Waals surface area contributed by atoms with Crippen molar-refractivity contribution in [1.29, 1.82) is 0 Å². The van der Waals surface area contributed by atoms with Gasteiger partial charge in [-0.1, -0.05) is 0 Å². The van der Waals surface area contributed by atoms with Crippen LogP contribution < -0.4 is 5.32 Å². The summed E-state index contributed by atoms with van der Waals surface area (Å²) in [5, 5.41) is 2.65. The van der Waals surface area contributed by atoms with Gasteiger partial charge in [0, 0.05) is 6.20 Å². The van der Waals surface area contributed by atoms with Crippen LogP contribution in [0.25, 0.3) is 0 Å². The molecule has 0 unspecified atom stereocenters. The maximum atomic E-state index is 10.5. The lowest BCUT2D eigenvalue weighted by atomic mass is 10.4. The Morgan fingerprint density at radius 2 is 2.50 bits per heavy atom. The third-order valence-corrected chi connectivity index (χ3v) is 2.91. The molecule has 8 heavy (non-hydrogen) atoms. The largest absolute Gasteiger partial charge is 0.324 e. The summed E-state index contributed by atoms with van der Waals surface area (Å²) in [6.07, 6.45) is 1.74. The van der Waals surface area contributed by atoms with Crippen molar-refractivity contribution in [3.05, 3.63) is 11.8 Å². The quantitative estimate of drug-likeness (QED) is 0.375. The van der Waals surface area contributed by atoms with Crippen LogP contribution in [-0.4, -0.2) is 7.93 Å². The molecule has 0 spiro atoms. The Labute approximate surface area is 57.7 Å². The number of allylic oxidation sites excluding steroid dienone is 1. The number of rotatable bonds is 0. The number of nitrogens with one attached hydrogen (secondary N) is 1. The van der Waals surface area contributed by atoms with Crippen LogP contribution >= 0.6 is 20.7 Å². The molecule has 0 saturated carbocycles. The monoisotopic (exact) mass is 223 g/mol. The molecule has 0 bridgehead atoms. The first kappa shape index (κ1) is 5.94. The standard InChI is InChI=1S/C5H6INO/c1-4-2-6-5(8)7-3-4/h2-3H,1H3,(H,7,8). The third kappa shape index (κ3) is 1.40. The summed E-state index contributed by atoms with van der Waals surface area (Å²) in [4.78, 5) is 10.5. The van der Waals surface area contributed by atoms with Crippen LogP contribution in [0.15, 0.2) is 11.8 Å². The Hall–Kier alpha value is -0.190. The van der Waals surface area contributed by atoms with Gasteiger partial charge in [0.15, 0.2) is 0 Å². The zero-order chi connectivity index (χ0) is 5.98. The number of hydrogen-bond donors (Lipinski definition) is 1. The van der Waals surface area contributed by atoms with Gasteiger partial charge in [0.05, 0.1) is 0 Å². The molecular formula is C5H6INO. The number of carbonyl (C=O) groups excluding carboxylic acids is 1. The van der Waals surface area contributed by atoms with E-state index in [1.165, 1.54) is 5.57 Å². The summed E-state index contributed by atoms with van der Waals surface area (Å²) < 4.78 is 2.20. The van der Waals surface area contributed by atoms with Crippen molar-refractivity contribution in [2.45, 2.75) is 6.92 Å². The summed E-state index contributed by atoms with van der Waals surface area (Å²) in [5.74, 6) is 0. The fourth-order valence-corrected chi connectivity index (χ4v) is 1.66. The van der Waals surface area contributed by atoms with Crippen LogP contribution in [0.2, 0.25) is 0 Å². The molecule has 0 atom stereocenters. The molecule has 0 saturated heterocycles. The van der Waals surface area contributed by atoms with Crippen LogP contribution in [-0.2, 0) is 0 Å². The van der Waals surface area contributed by atoms with Gasteiger partial charge in [-0.2, -0.15) is 0 Å². The first-order valence-corrected chi connectivity index (χ1v) is 4.55. The fraction of sp³-hybridized carbons (Fsp3) is 0.200. The molecule has 1 heterocycles. The Morgan fingerprint density at radius 1 is 1.75 bits per heavy atom. The van der Waals surface area contributed by atoms with Crippen molar-refractivity contribution in [2.24, 2.45) is 0 Å². The summed E-state index contributed by atoms with van der Waals surface area (Å²) in [6, 6.07) is 0. The van der Waals surface area contributed by atoms with Gasteiger partial charge in [0.25, 0.3) is 3.91 Å². The highest BCUT2D eigenvalue weighted by Crippen LogP contribution is 2.05. The van der Waals surface area contributed by atoms with E-state index in [-0.39, 0.29) is 24.6 Å². The summed E-state index contributed by atoms with van der Waals surface area (Å²) in [5.41, 5.74) is 1.18. The lowest BCUT2D eigenvalue weighted by Crippen LogP contribution is -2.11. The molecule has 0 aromatic rings. The van der Waals surface area contributed by atoms with Gasteiger partial charge in [-0.25, -0.2) is 0 Å². The molecule has 0 aromatic carbocycles. The first-order valence-electron chi connectivity index (χ1n) is 2.23. The number of amides is 1. The van der Waals surface area contributed by atoms with Crippen molar-refractivity contribution in [3.8, 4) is 0 Å². The van der Waals surface area contributed by atoms with E-state index in [1.54, 1.807) is 6.20 Å². The smallest absolute Gasteiger partial charge is 0.278 e. The molecule has 1 amide bonds. The van der Waals surface area contributed by atoms with E-state index in [9.17, 15) is 4.79 Å². The van der Waals surface area contributed by atoms with Crippen LogP contribution in [0.5, 0.6) is 0 Å². The van der Waals surface area contributed by atoms with Gasteiger partial charge < -0.3 is 5.32 Å². The Kier molecular flexibility index (Phi) is 1.77. The average molecular weight is 223 g/mol. The molecule has 3 heteroatoms. The van der Waals surface area contributed by atoms with Gasteiger partial charge in [-0.15, -0.1) is 0 Å². The van der Waals surface area contributed by atoms with E-state index in [1.807, 2.05) is 10.9 Å². The third-order valence-electron chi connectivity index (χ3n) is 0.739. The molecule has 0 aromatic heterocycles. The molecule has 0 radical (unpaired) electrons. The Bertz CT molecular complexity index is 169. The first-order chi connectivity index (χ1) is 3.79. The van der Waals surface area contributed by atoms with Gasteiger partial charge in [0.2, 0.25) is 0 Å². The predicted molar refractivity (Wildman–Crippen MR) is 42.4 cm³/mol. The Morgan fingerprint density at radius 3 is 2.88 bits per heavy atom. The maximum absolute atomic E-state index is 10.5. The maximum Gasteiger partial charge on any atom is 0.278 e. The van der Waals surface area contributed by atoms with Crippen LogP contribution in [0.4, 0.5) is 4.79 Å². The predicted octanol–water partition coefficient (Wildman–Crippen LogP) is 1.39. The van der Waals surface area contributed by atoms with E-state index in [2.05, 4.69) is 5.32 Å². The van der Waals surface area contributed by atoms with Crippen molar-refractivity contribution in [2.75, 3.05) is 0 Å². The average Bonchev–Trinajstić information content (AvgIpc) is 1.77. The summed E-state index contributed by atoms with van der Waals surface area (Å²) >= 11 is -0.332. The van der Waals surface area contributed by atoms with Crippen LogP contribution in [0.3, 0.4) is 0 Å². The topological polar surface area (TPSA) is 29.1 Å². The van der Waals surface area contributed by atoms with Gasteiger partial charge in [-0.3, -0.25) is 4.79 Å². The fourth-order valence-electron chi connectivity index (χ4n) is 0.369. The minimum Gasteiger partial charge on any atom is -0.324 e. The minimum absolute atomic E-state index is 0.189. The van der Waals surface area contributed by atoms with Gasteiger partial charge >= 0.3 is 0 Å². The number of hydrogen-bond acceptors (Lipinski definition) is 1.